The van der Waals surface area contributed by atoms with Crippen LogP contribution in [0.4, 0.5) is 0 Å². The molecule has 0 saturated heterocycles. The first-order valence-corrected chi connectivity index (χ1v) is 7.46. The van der Waals surface area contributed by atoms with Crippen LogP contribution in [0.25, 0.3) is 0 Å². The van der Waals surface area contributed by atoms with E-state index < -0.39 is 22.0 Å². The summed E-state index contributed by atoms with van der Waals surface area (Å²) in [5, 5.41) is 8.76. The van der Waals surface area contributed by atoms with E-state index in [-0.39, 0.29) is 23.5 Å². The van der Waals surface area contributed by atoms with Crippen LogP contribution in [0.2, 0.25) is 0 Å². The maximum Gasteiger partial charge on any atom is 0.304 e. The Labute approximate surface area is 103 Å². The van der Waals surface area contributed by atoms with Gasteiger partial charge in [0.15, 0.2) is 0 Å². The van der Waals surface area contributed by atoms with Crippen molar-refractivity contribution in [3.63, 3.8) is 0 Å². The number of sulfonamides is 1. The predicted octanol–water partition coefficient (Wildman–Crippen LogP) is 1.21. The van der Waals surface area contributed by atoms with Crippen LogP contribution in [0, 0.1) is 11.3 Å². The third kappa shape index (κ3) is 6.02. The highest BCUT2D eigenvalue weighted by atomic mass is 32.2. The van der Waals surface area contributed by atoms with Crippen LogP contribution >= 0.6 is 0 Å². The van der Waals surface area contributed by atoms with E-state index >= 15 is 0 Å². The van der Waals surface area contributed by atoms with E-state index in [2.05, 4.69) is 4.72 Å². The van der Waals surface area contributed by atoms with Crippen molar-refractivity contribution < 1.29 is 18.3 Å². The van der Waals surface area contributed by atoms with Gasteiger partial charge in [-0.2, -0.15) is 0 Å². The van der Waals surface area contributed by atoms with Gasteiger partial charge in [0.05, 0.1) is 12.2 Å². The Morgan fingerprint density at radius 2 is 1.94 bits per heavy atom. The fourth-order valence-corrected chi connectivity index (χ4v) is 3.79. The third-order valence-electron chi connectivity index (χ3n) is 2.54. The molecule has 0 bridgehead atoms. The summed E-state index contributed by atoms with van der Waals surface area (Å²) in [6, 6.07) is -0.445. The summed E-state index contributed by atoms with van der Waals surface area (Å²) in [7, 11) is -3.40. The summed E-state index contributed by atoms with van der Waals surface area (Å²) >= 11 is 0. The van der Waals surface area contributed by atoms with Gasteiger partial charge in [-0.3, -0.25) is 4.79 Å². The minimum Gasteiger partial charge on any atom is -0.481 e. The molecule has 0 aromatic carbocycles. The van der Waals surface area contributed by atoms with Gasteiger partial charge in [0.1, 0.15) is 0 Å². The van der Waals surface area contributed by atoms with Crippen molar-refractivity contribution in [1.82, 2.24) is 4.72 Å². The van der Waals surface area contributed by atoms with Crippen molar-refractivity contribution in [2.45, 2.75) is 46.1 Å². The van der Waals surface area contributed by atoms with Crippen LogP contribution in [0.3, 0.4) is 0 Å². The van der Waals surface area contributed by atoms with Crippen molar-refractivity contribution in [3.8, 4) is 0 Å². The van der Waals surface area contributed by atoms with Gasteiger partial charge in [0, 0.05) is 6.04 Å². The van der Waals surface area contributed by atoms with Gasteiger partial charge in [0.2, 0.25) is 10.0 Å². The van der Waals surface area contributed by atoms with Crippen LogP contribution in [-0.2, 0) is 14.8 Å². The first kappa shape index (κ1) is 14.4. The number of carboxylic acid groups (broad SMARTS) is 1. The van der Waals surface area contributed by atoms with E-state index in [1.807, 2.05) is 20.8 Å². The zero-order valence-electron chi connectivity index (χ0n) is 10.6. The molecule has 2 N–H and O–H groups in total. The highest BCUT2D eigenvalue weighted by Crippen LogP contribution is 2.34. The molecule has 1 rings (SSSR count). The highest BCUT2D eigenvalue weighted by molar-refractivity contribution is 7.89. The lowest BCUT2D eigenvalue weighted by Crippen LogP contribution is -2.41. The van der Waals surface area contributed by atoms with Gasteiger partial charge in [0.25, 0.3) is 0 Å². The Balaban J connectivity index is 2.62. The maximum absolute atomic E-state index is 11.9. The lowest BCUT2D eigenvalue weighted by atomic mass is 10.0. The van der Waals surface area contributed by atoms with Crippen molar-refractivity contribution >= 4 is 16.0 Å². The molecule has 0 radical (unpaired) electrons. The van der Waals surface area contributed by atoms with Crippen LogP contribution in [0.5, 0.6) is 0 Å². The molecule has 0 aromatic heterocycles. The minimum absolute atomic E-state index is 0.0167. The predicted molar refractivity (Wildman–Crippen MR) is 65.1 cm³/mol. The number of carbonyl (C=O) groups is 1. The molecule has 17 heavy (non-hydrogen) atoms. The summed E-state index contributed by atoms with van der Waals surface area (Å²) in [5.41, 5.74) is -0.330. The van der Waals surface area contributed by atoms with Gasteiger partial charge in [-0.05, 0) is 24.2 Å². The van der Waals surface area contributed by atoms with Crippen molar-refractivity contribution in [2.24, 2.45) is 11.3 Å². The molecule has 1 atom stereocenters. The molecule has 1 aliphatic rings. The third-order valence-corrected chi connectivity index (χ3v) is 4.45. The average molecular weight is 263 g/mol. The Morgan fingerprint density at radius 1 is 1.41 bits per heavy atom. The molecule has 0 aromatic rings. The maximum atomic E-state index is 11.9. The minimum atomic E-state index is -3.40. The second-order valence-corrected chi connectivity index (χ2v) is 7.73. The number of rotatable bonds is 6. The number of aliphatic carboxylic acids is 1. The molecule has 1 saturated carbocycles. The summed E-state index contributed by atoms with van der Waals surface area (Å²) in [4.78, 5) is 10.7. The smallest absolute Gasteiger partial charge is 0.304 e. The number of nitrogens with one attached hydrogen (secondary N) is 1. The van der Waals surface area contributed by atoms with E-state index in [9.17, 15) is 13.2 Å². The molecule has 0 amide bonds. The fraction of sp³-hybridized carbons (Fsp3) is 0.909. The summed E-state index contributed by atoms with van der Waals surface area (Å²) in [6.45, 7) is 5.53. The van der Waals surface area contributed by atoms with Gasteiger partial charge in [-0.15, -0.1) is 0 Å². The fourth-order valence-electron chi connectivity index (χ4n) is 1.83. The first-order chi connectivity index (χ1) is 7.59. The van der Waals surface area contributed by atoms with E-state index in [1.165, 1.54) is 0 Å². The molecule has 1 unspecified atom stereocenters. The zero-order chi connectivity index (χ0) is 13.3. The summed E-state index contributed by atoms with van der Waals surface area (Å²) < 4.78 is 26.3. The summed E-state index contributed by atoms with van der Waals surface area (Å²) in [6.07, 6.45) is 1.69. The second kappa shape index (κ2) is 4.94. The Bertz CT molecular complexity index is 379. The lowest BCUT2D eigenvalue weighted by molar-refractivity contribution is -0.137. The molecule has 1 aliphatic carbocycles. The Hall–Kier alpha value is -0.620. The second-order valence-electron chi connectivity index (χ2n) is 5.98. The highest BCUT2D eigenvalue weighted by Gasteiger charge is 2.36. The molecule has 1 fully saturated rings. The van der Waals surface area contributed by atoms with Crippen LogP contribution in [0.15, 0.2) is 0 Å². The van der Waals surface area contributed by atoms with E-state index in [1.54, 1.807) is 0 Å². The Kier molecular flexibility index (Phi) is 4.19. The van der Waals surface area contributed by atoms with E-state index in [0.29, 0.717) is 0 Å². The zero-order valence-corrected chi connectivity index (χ0v) is 11.4. The SMILES string of the molecule is CC(C)(C)CS(=O)(=O)NC(CC(=O)O)C1CC1. The summed E-state index contributed by atoms with van der Waals surface area (Å²) in [5.74, 6) is -0.746. The largest absolute Gasteiger partial charge is 0.481 e. The average Bonchev–Trinajstić information content (AvgIpc) is 2.76. The van der Waals surface area contributed by atoms with Gasteiger partial charge in [-0.1, -0.05) is 20.8 Å². The van der Waals surface area contributed by atoms with Crippen molar-refractivity contribution in [2.75, 3.05) is 5.75 Å². The lowest BCUT2D eigenvalue weighted by Gasteiger charge is -2.22. The standard InChI is InChI=1S/C11H21NO4S/c1-11(2,3)7-17(15,16)12-9(6-10(13)14)8-4-5-8/h8-9,12H,4-7H2,1-3H3,(H,13,14). The quantitative estimate of drug-likeness (QED) is 0.754. The van der Waals surface area contributed by atoms with Gasteiger partial charge >= 0.3 is 5.97 Å². The van der Waals surface area contributed by atoms with Gasteiger partial charge < -0.3 is 5.11 Å². The molecule has 5 nitrogen and oxygen atoms in total. The number of hydrogen-bond acceptors (Lipinski definition) is 3. The van der Waals surface area contributed by atoms with Crippen molar-refractivity contribution in [1.29, 1.82) is 0 Å². The monoisotopic (exact) mass is 263 g/mol. The van der Waals surface area contributed by atoms with Crippen LogP contribution in [-0.4, -0.2) is 31.3 Å². The van der Waals surface area contributed by atoms with Crippen LogP contribution in [0.1, 0.15) is 40.0 Å². The number of carboxylic acids is 1. The molecule has 0 heterocycles. The Morgan fingerprint density at radius 3 is 2.29 bits per heavy atom. The van der Waals surface area contributed by atoms with E-state index in [0.717, 1.165) is 12.8 Å². The molecule has 0 spiro atoms. The molecule has 100 valence electrons. The molecular formula is C11H21NO4S. The number of hydrogen-bond donors (Lipinski definition) is 2. The topological polar surface area (TPSA) is 83.5 Å². The molecule has 0 aliphatic heterocycles. The molecule has 6 heteroatoms. The first-order valence-electron chi connectivity index (χ1n) is 5.81. The van der Waals surface area contributed by atoms with Gasteiger partial charge in [-0.25, -0.2) is 13.1 Å². The van der Waals surface area contributed by atoms with Crippen molar-refractivity contribution in [3.05, 3.63) is 0 Å². The normalized spacial score (nSPS) is 19.0. The molecular weight excluding hydrogens is 242 g/mol. The van der Waals surface area contributed by atoms with E-state index in [4.69, 9.17) is 5.11 Å². The van der Waals surface area contributed by atoms with Crippen LogP contribution < -0.4 is 4.72 Å².